The number of ketones is 1. The van der Waals surface area contributed by atoms with Gasteiger partial charge in [0.15, 0.2) is 5.78 Å². The molecule has 0 aliphatic heterocycles. The van der Waals surface area contributed by atoms with E-state index in [1.54, 1.807) is 0 Å². The molecule has 0 unspecified atom stereocenters. The number of rotatable bonds is 5. The molecule has 114 valence electrons. The van der Waals surface area contributed by atoms with Crippen LogP contribution in [0.5, 0.6) is 0 Å². The summed E-state index contributed by atoms with van der Waals surface area (Å²) in [6.07, 6.45) is 4.23. The molecular formula is C20H22OS. The smallest absolute Gasteiger partial charge is 0.167 e. The van der Waals surface area contributed by atoms with Crippen molar-refractivity contribution in [1.82, 2.24) is 0 Å². The third-order valence-electron chi connectivity index (χ3n) is 4.40. The first-order valence-corrected chi connectivity index (χ1v) is 9.01. The predicted molar refractivity (Wildman–Crippen MR) is 93.6 cm³/mol. The lowest BCUT2D eigenvalue weighted by molar-refractivity contribution is 0.0897. The number of hydrogen-bond donors (Lipinski definition) is 0. The highest BCUT2D eigenvalue weighted by Gasteiger charge is 2.33. The zero-order valence-electron chi connectivity index (χ0n) is 13.0. The molecule has 3 rings (SSSR count). The molecule has 0 N–H and O–H groups in total. The number of hydrogen-bond acceptors (Lipinski definition) is 2. The van der Waals surface area contributed by atoms with Gasteiger partial charge in [-0.05, 0) is 37.0 Å². The first kappa shape index (κ1) is 15.4. The van der Waals surface area contributed by atoms with Crippen LogP contribution >= 0.6 is 11.8 Å². The fourth-order valence-electron chi connectivity index (χ4n) is 3.28. The van der Waals surface area contributed by atoms with E-state index in [0.717, 1.165) is 31.2 Å². The van der Waals surface area contributed by atoms with E-state index in [0.29, 0.717) is 11.0 Å². The lowest BCUT2D eigenvalue weighted by Gasteiger charge is -2.30. The molecule has 22 heavy (non-hydrogen) atoms. The monoisotopic (exact) mass is 310 g/mol. The highest BCUT2D eigenvalue weighted by Crippen LogP contribution is 2.38. The van der Waals surface area contributed by atoms with Crippen LogP contribution in [0.15, 0.2) is 59.5 Å². The Morgan fingerprint density at radius 2 is 1.82 bits per heavy atom. The summed E-state index contributed by atoms with van der Waals surface area (Å²) in [4.78, 5) is 14.2. The average Bonchev–Trinajstić information content (AvgIpc) is 2.56. The summed E-state index contributed by atoms with van der Waals surface area (Å²) in [7, 11) is 0. The Bertz CT molecular complexity index is 635. The first-order valence-electron chi connectivity index (χ1n) is 8.13. The van der Waals surface area contributed by atoms with Gasteiger partial charge < -0.3 is 0 Å². The van der Waals surface area contributed by atoms with Gasteiger partial charge >= 0.3 is 0 Å². The van der Waals surface area contributed by atoms with Crippen LogP contribution in [0.3, 0.4) is 0 Å². The van der Waals surface area contributed by atoms with Crippen molar-refractivity contribution in [2.45, 2.75) is 42.8 Å². The van der Waals surface area contributed by atoms with Gasteiger partial charge in [-0.1, -0.05) is 55.8 Å². The second kappa shape index (κ2) is 7.15. The maximum absolute atomic E-state index is 12.9. The summed E-state index contributed by atoms with van der Waals surface area (Å²) in [5.41, 5.74) is 2.18. The van der Waals surface area contributed by atoms with Crippen LogP contribution in [0.1, 0.15) is 42.1 Å². The van der Waals surface area contributed by atoms with Crippen molar-refractivity contribution in [3.63, 3.8) is 0 Å². The van der Waals surface area contributed by atoms with Crippen molar-refractivity contribution in [3.05, 3.63) is 65.7 Å². The van der Waals surface area contributed by atoms with Crippen molar-refractivity contribution < 1.29 is 4.79 Å². The molecule has 0 saturated carbocycles. The van der Waals surface area contributed by atoms with Crippen molar-refractivity contribution in [1.29, 1.82) is 0 Å². The number of aryl methyl sites for hydroxylation is 1. The van der Waals surface area contributed by atoms with Gasteiger partial charge in [-0.2, -0.15) is 0 Å². The van der Waals surface area contributed by atoms with E-state index in [4.69, 9.17) is 0 Å². The van der Waals surface area contributed by atoms with Gasteiger partial charge in [-0.3, -0.25) is 4.79 Å². The molecule has 2 aromatic rings. The van der Waals surface area contributed by atoms with E-state index in [1.165, 1.54) is 10.5 Å². The van der Waals surface area contributed by atoms with E-state index in [2.05, 4.69) is 37.3 Å². The molecule has 0 radical (unpaired) electrons. The minimum absolute atomic E-state index is 0.153. The maximum Gasteiger partial charge on any atom is 0.167 e. The number of Topliss-reactive ketones (excluding diaryl/α,β-unsaturated/α-hetero) is 1. The molecule has 0 heterocycles. The van der Waals surface area contributed by atoms with Gasteiger partial charge in [-0.15, -0.1) is 11.8 Å². The van der Waals surface area contributed by atoms with Gasteiger partial charge in [0.1, 0.15) is 0 Å². The summed E-state index contributed by atoms with van der Waals surface area (Å²) in [5, 5.41) is 0.383. The van der Waals surface area contributed by atoms with Crippen LogP contribution in [0.4, 0.5) is 0 Å². The van der Waals surface area contributed by atoms with Crippen LogP contribution in [0.2, 0.25) is 0 Å². The summed E-state index contributed by atoms with van der Waals surface area (Å²) in [6.45, 7) is 2.21. The van der Waals surface area contributed by atoms with Crippen molar-refractivity contribution in [3.8, 4) is 0 Å². The topological polar surface area (TPSA) is 17.1 Å². The molecule has 0 amide bonds. The molecule has 0 aromatic heterocycles. The molecule has 0 fully saturated rings. The molecule has 0 spiro atoms. The Labute approximate surface area is 137 Å². The van der Waals surface area contributed by atoms with E-state index in [1.807, 2.05) is 36.0 Å². The summed E-state index contributed by atoms with van der Waals surface area (Å²) >= 11 is 1.88. The first-order chi connectivity index (χ1) is 10.8. The van der Waals surface area contributed by atoms with E-state index >= 15 is 0 Å². The molecule has 0 saturated heterocycles. The fourth-order valence-corrected chi connectivity index (χ4v) is 4.72. The number of benzene rings is 2. The molecule has 2 heteroatoms. The molecule has 1 aliphatic rings. The summed E-state index contributed by atoms with van der Waals surface area (Å²) in [6, 6.07) is 18.6. The van der Waals surface area contributed by atoms with Gasteiger partial charge in [0.05, 0.1) is 0 Å². The molecular weight excluding hydrogens is 288 g/mol. The Morgan fingerprint density at radius 1 is 1.09 bits per heavy atom. The largest absolute Gasteiger partial charge is 0.294 e. The van der Waals surface area contributed by atoms with Crippen LogP contribution in [-0.2, 0) is 6.42 Å². The minimum atomic E-state index is 0.153. The van der Waals surface area contributed by atoms with Crippen LogP contribution in [0, 0.1) is 5.92 Å². The third-order valence-corrected chi connectivity index (χ3v) is 5.81. The van der Waals surface area contributed by atoms with Crippen molar-refractivity contribution in [2.75, 3.05) is 0 Å². The summed E-state index contributed by atoms with van der Waals surface area (Å²) < 4.78 is 0. The summed E-state index contributed by atoms with van der Waals surface area (Å²) in [5.74, 6) is 0.504. The van der Waals surface area contributed by atoms with E-state index in [9.17, 15) is 4.79 Å². The van der Waals surface area contributed by atoms with E-state index in [-0.39, 0.29) is 5.92 Å². The lowest BCUT2D eigenvalue weighted by Crippen LogP contribution is -2.31. The normalized spacial score (nSPS) is 18.8. The standard InChI is InChI=1S/C20H22OS/c1-2-8-19(22-16-10-4-3-5-11-16)18-14-13-15-9-6-7-12-17(15)20(18)21/h3-7,9-12,18-19H,2,8,13-14H2,1H3/t18-,19+/m1/s1. The van der Waals surface area contributed by atoms with Gasteiger partial charge in [0.25, 0.3) is 0 Å². The molecule has 0 bridgehead atoms. The SMILES string of the molecule is CCC[C@H](Sc1ccccc1)[C@H]1CCc2ccccc2C1=O. The fraction of sp³-hybridized carbons (Fsp3) is 0.350. The Balaban J connectivity index is 1.82. The van der Waals surface area contributed by atoms with Crippen molar-refractivity contribution in [2.24, 2.45) is 5.92 Å². The highest BCUT2D eigenvalue weighted by atomic mass is 32.2. The lowest BCUT2D eigenvalue weighted by atomic mass is 9.80. The third kappa shape index (κ3) is 3.27. The molecule has 1 aliphatic carbocycles. The maximum atomic E-state index is 12.9. The van der Waals surface area contributed by atoms with E-state index < -0.39 is 0 Å². The second-order valence-corrected chi connectivity index (χ2v) is 7.24. The van der Waals surface area contributed by atoms with Gasteiger partial charge in [-0.25, -0.2) is 0 Å². The van der Waals surface area contributed by atoms with Crippen LogP contribution in [0.25, 0.3) is 0 Å². The molecule has 2 aromatic carbocycles. The van der Waals surface area contributed by atoms with Gasteiger partial charge in [0.2, 0.25) is 0 Å². The van der Waals surface area contributed by atoms with Crippen LogP contribution in [-0.4, -0.2) is 11.0 Å². The van der Waals surface area contributed by atoms with Crippen LogP contribution < -0.4 is 0 Å². The Hall–Kier alpha value is -1.54. The van der Waals surface area contributed by atoms with Gasteiger partial charge in [0, 0.05) is 21.6 Å². The predicted octanol–water partition coefficient (Wildman–Crippen LogP) is 5.39. The quantitative estimate of drug-likeness (QED) is 0.688. The zero-order chi connectivity index (χ0) is 15.4. The number of thioether (sulfide) groups is 1. The zero-order valence-corrected chi connectivity index (χ0v) is 13.8. The average molecular weight is 310 g/mol. The van der Waals surface area contributed by atoms with Crippen molar-refractivity contribution >= 4 is 17.5 Å². The minimum Gasteiger partial charge on any atom is -0.294 e. The number of fused-ring (bicyclic) bond motifs is 1. The molecule has 1 nitrogen and oxygen atoms in total. The Kier molecular flexibility index (Phi) is 4.99. The number of carbonyl (C=O) groups is 1. The highest BCUT2D eigenvalue weighted by molar-refractivity contribution is 8.00. The second-order valence-electron chi connectivity index (χ2n) is 5.92. The Morgan fingerprint density at radius 3 is 2.59 bits per heavy atom. The molecule has 2 atom stereocenters. The number of carbonyl (C=O) groups excluding carboxylic acids is 1.